The fraction of sp³-hybridized carbons (Fsp3) is 0.769. The first-order chi connectivity index (χ1) is 9.55. The van der Waals surface area contributed by atoms with Crippen LogP contribution in [0, 0.1) is 0 Å². The van der Waals surface area contributed by atoms with Gasteiger partial charge in [-0.25, -0.2) is 18.1 Å². The van der Waals surface area contributed by atoms with Gasteiger partial charge in [0, 0.05) is 32.4 Å². The summed E-state index contributed by atoms with van der Waals surface area (Å²) in [6, 6.07) is 0. The number of aryl methyl sites for hydroxylation is 1. The van der Waals surface area contributed by atoms with Crippen molar-refractivity contribution in [2.24, 2.45) is 7.05 Å². The molecule has 0 spiro atoms. The van der Waals surface area contributed by atoms with E-state index in [0.717, 1.165) is 31.8 Å². The Balaban J connectivity index is 2.13. The number of rotatable bonds is 11. The summed E-state index contributed by atoms with van der Waals surface area (Å²) >= 11 is 0. The summed E-state index contributed by atoms with van der Waals surface area (Å²) in [5, 5.41) is 3.26. The zero-order chi connectivity index (χ0) is 14.8. The van der Waals surface area contributed by atoms with Gasteiger partial charge in [0.25, 0.3) is 0 Å². The van der Waals surface area contributed by atoms with Crippen LogP contribution in [0.1, 0.15) is 32.0 Å². The molecule has 1 aromatic rings. The minimum atomic E-state index is -3.16. The lowest BCUT2D eigenvalue weighted by Gasteiger charge is -2.07. The molecule has 0 aliphatic rings. The minimum Gasteiger partial charge on any atom is -0.338 e. The zero-order valence-corrected chi connectivity index (χ0v) is 13.2. The summed E-state index contributed by atoms with van der Waals surface area (Å²) in [5.74, 6) is 1.08. The molecule has 1 rings (SSSR count). The third-order valence-corrected chi connectivity index (χ3v) is 4.51. The molecule has 1 heterocycles. The van der Waals surface area contributed by atoms with E-state index in [2.05, 4.69) is 21.9 Å². The lowest BCUT2D eigenvalue weighted by molar-refractivity contribution is 0.571. The van der Waals surface area contributed by atoms with E-state index in [4.69, 9.17) is 0 Å². The summed E-state index contributed by atoms with van der Waals surface area (Å²) < 4.78 is 28.1. The lowest BCUT2D eigenvalue weighted by Crippen LogP contribution is -2.29. The molecule has 0 aromatic carbocycles. The third kappa shape index (κ3) is 7.02. The number of unbranched alkanes of at least 4 members (excludes halogenated alkanes) is 1. The summed E-state index contributed by atoms with van der Waals surface area (Å²) in [7, 11) is -1.25. The normalized spacial score (nSPS) is 11.9. The predicted octanol–water partition coefficient (Wildman–Crippen LogP) is 0.662. The van der Waals surface area contributed by atoms with E-state index in [1.54, 1.807) is 6.20 Å². The van der Waals surface area contributed by atoms with Crippen LogP contribution in [0.25, 0.3) is 0 Å². The predicted molar refractivity (Wildman–Crippen MR) is 81.1 cm³/mol. The van der Waals surface area contributed by atoms with Crippen LogP contribution in [0.2, 0.25) is 0 Å². The van der Waals surface area contributed by atoms with Crippen molar-refractivity contribution in [2.45, 2.75) is 32.6 Å². The number of nitrogens with zero attached hydrogens (tertiary/aromatic N) is 2. The summed E-state index contributed by atoms with van der Waals surface area (Å²) in [6.45, 7) is 4.40. The van der Waals surface area contributed by atoms with E-state index in [1.807, 2.05) is 17.8 Å². The highest BCUT2D eigenvalue weighted by molar-refractivity contribution is 7.89. The highest BCUT2D eigenvalue weighted by atomic mass is 32.2. The van der Waals surface area contributed by atoms with Gasteiger partial charge in [0.1, 0.15) is 5.82 Å². The van der Waals surface area contributed by atoms with E-state index in [0.29, 0.717) is 19.4 Å². The Hall–Kier alpha value is -0.920. The van der Waals surface area contributed by atoms with Gasteiger partial charge in [0.2, 0.25) is 10.0 Å². The van der Waals surface area contributed by atoms with Crippen LogP contribution in [-0.2, 0) is 23.5 Å². The fourth-order valence-corrected chi connectivity index (χ4v) is 3.01. The van der Waals surface area contributed by atoms with Crippen LogP contribution >= 0.6 is 0 Å². The second-order valence-corrected chi connectivity index (χ2v) is 6.80. The van der Waals surface area contributed by atoms with Crippen molar-refractivity contribution in [3.63, 3.8) is 0 Å². The molecule has 0 aliphatic carbocycles. The molecular weight excluding hydrogens is 276 g/mol. The molecule has 20 heavy (non-hydrogen) atoms. The maximum absolute atomic E-state index is 11.8. The van der Waals surface area contributed by atoms with Crippen LogP contribution in [-0.4, -0.2) is 43.4 Å². The van der Waals surface area contributed by atoms with E-state index in [1.165, 1.54) is 0 Å². The van der Waals surface area contributed by atoms with Gasteiger partial charge in [0.15, 0.2) is 0 Å². The molecule has 0 atom stereocenters. The lowest BCUT2D eigenvalue weighted by atomic mass is 10.3. The number of sulfonamides is 1. The number of nitrogens with one attached hydrogen (secondary N) is 2. The van der Waals surface area contributed by atoms with Crippen molar-refractivity contribution < 1.29 is 8.42 Å². The molecule has 0 aliphatic heterocycles. The van der Waals surface area contributed by atoms with Crippen molar-refractivity contribution in [1.29, 1.82) is 0 Å². The van der Waals surface area contributed by atoms with Crippen LogP contribution in [0.5, 0.6) is 0 Å². The van der Waals surface area contributed by atoms with Gasteiger partial charge in [-0.3, -0.25) is 0 Å². The Labute approximate surface area is 122 Å². The van der Waals surface area contributed by atoms with E-state index < -0.39 is 10.0 Å². The van der Waals surface area contributed by atoms with E-state index in [-0.39, 0.29) is 5.75 Å². The van der Waals surface area contributed by atoms with Crippen LogP contribution < -0.4 is 10.0 Å². The summed E-state index contributed by atoms with van der Waals surface area (Å²) in [5.41, 5.74) is 0. The largest absolute Gasteiger partial charge is 0.338 e. The topological polar surface area (TPSA) is 76.0 Å². The molecule has 0 saturated heterocycles. The average molecular weight is 302 g/mol. The van der Waals surface area contributed by atoms with Gasteiger partial charge in [0.05, 0.1) is 5.75 Å². The number of imidazole rings is 1. The third-order valence-electron chi connectivity index (χ3n) is 3.03. The molecule has 0 radical (unpaired) electrons. The molecule has 0 unspecified atom stereocenters. The van der Waals surface area contributed by atoms with Gasteiger partial charge in [-0.1, -0.05) is 6.92 Å². The second-order valence-electron chi connectivity index (χ2n) is 4.87. The van der Waals surface area contributed by atoms with Crippen LogP contribution in [0.3, 0.4) is 0 Å². The van der Waals surface area contributed by atoms with E-state index in [9.17, 15) is 8.42 Å². The minimum absolute atomic E-state index is 0.196. The molecule has 0 bridgehead atoms. The Bertz CT molecular complexity index is 470. The molecule has 2 N–H and O–H groups in total. The molecule has 6 nitrogen and oxygen atoms in total. The molecule has 0 fully saturated rings. The van der Waals surface area contributed by atoms with Gasteiger partial charge in [-0.2, -0.15) is 0 Å². The van der Waals surface area contributed by atoms with Crippen molar-refractivity contribution in [3.05, 3.63) is 18.2 Å². The number of hydrogen-bond acceptors (Lipinski definition) is 4. The quantitative estimate of drug-likeness (QED) is 0.589. The molecule has 0 saturated carbocycles. The molecule has 1 aromatic heterocycles. The first kappa shape index (κ1) is 17.1. The maximum atomic E-state index is 11.8. The number of hydrogen-bond donors (Lipinski definition) is 2. The molecule has 7 heteroatoms. The Morgan fingerprint density at radius 1 is 1.25 bits per heavy atom. The number of aromatic nitrogens is 2. The first-order valence-electron chi connectivity index (χ1n) is 7.19. The van der Waals surface area contributed by atoms with Crippen molar-refractivity contribution in [3.8, 4) is 0 Å². The smallest absolute Gasteiger partial charge is 0.211 e. The monoisotopic (exact) mass is 302 g/mol. The van der Waals surface area contributed by atoms with Crippen LogP contribution in [0.15, 0.2) is 12.4 Å². The van der Waals surface area contributed by atoms with Gasteiger partial charge >= 0.3 is 0 Å². The van der Waals surface area contributed by atoms with Crippen molar-refractivity contribution in [2.75, 3.05) is 25.4 Å². The Kier molecular flexibility index (Phi) is 7.79. The maximum Gasteiger partial charge on any atom is 0.211 e. The summed E-state index contributed by atoms with van der Waals surface area (Å²) in [6.07, 6.45) is 6.86. The molecule has 116 valence electrons. The first-order valence-corrected chi connectivity index (χ1v) is 8.84. The fourth-order valence-electron chi connectivity index (χ4n) is 1.87. The SMILES string of the molecule is CCCNCCCCS(=O)(=O)NCCc1nccn1C. The highest BCUT2D eigenvalue weighted by Gasteiger charge is 2.09. The zero-order valence-electron chi connectivity index (χ0n) is 12.4. The van der Waals surface area contributed by atoms with Gasteiger partial charge in [-0.15, -0.1) is 0 Å². The Morgan fingerprint density at radius 3 is 2.70 bits per heavy atom. The molecule has 0 amide bonds. The van der Waals surface area contributed by atoms with Gasteiger partial charge in [-0.05, 0) is 32.4 Å². The van der Waals surface area contributed by atoms with Crippen molar-refractivity contribution in [1.82, 2.24) is 19.6 Å². The highest BCUT2D eigenvalue weighted by Crippen LogP contribution is 1.97. The van der Waals surface area contributed by atoms with Gasteiger partial charge < -0.3 is 9.88 Å². The standard InChI is InChI=1S/C13H26N4O2S/c1-3-7-14-8-4-5-12-20(18,19)16-9-6-13-15-10-11-17(13)2/h10-11,14,16H,3-9,12H2,1-2H3. The van der Waals surface area contributed by atoms with Crippen molar-refractivity contribution >= 4 is 10.0 Å². The molecular formula is C13H26N4O2S. The Morgan fingerprint density at radius 2 is 2.05 bits per heavy atom. The summed E-state index contributed by atoms with van der Waals surface area (Å²) in [4.78, 5) is 4.16. The average Bonchev–Trinajstić information content (AvgIpc) is 2.79. The van der Waals surface area contributed by atoms with E-state index >= 15 is 0 Å². The van der Waals surface area contributed by atoms with Crippen LogP contribution in [0.4, 0.5) is 0 Å². The second kappa shape index (κ2) is 9.10.